The van der Waals surface area contributed by atoms with Crippen molar-refractivity contribution in [2.75, 3.05) is 11.4 Å². The maximum absolute atomic E-state index is 13.0. The third kappa shape index (κ3) is 3.79. The summed E-state index contributed by atoms with van der Waals surface area (Å²) in [6.07, 6.45) is 8.15. The van der Waals surface area contributed by atoms with Crippen molar-refractivity contribution in [3.8, 4) is 0 Å². The average molecular weight is 377 g/mol. The van der Waals surface area contributed by atoms with E-state index in [2.05, 4.69) is 10.3 Å². The molecule has 2 heterocycles. The van der Waals surface area contributed by atoms with Gasteiger partial charge in [0.25, 0.3) is 5.91 Å². The Labute approximate surface area is 166 Å². The molecular formula is C23H27N3O2. The molecule has 28 heavy (non-hydrogen) atoms. The van der Waals surface area contributed by atoms with E-state index in [0.29, 0.717) is 17.2 Å². The van der Waals surface area contributed by atoms with Crippen molar-refractivity contribution >= 4 is 17.5 Å². The molecule has 0 saturated heterocycles. The highest BCUT2D eigenvalue weighted by molar-refractivity contribution is 6.11. The van der Waals surface area contributed by atoms with Crippen molar-refractivity contribution in [1.29, 1.82) is 0 Å². The van der Waals surface area contributed by atoms with Gasteiger partial charge in [0, 0.05) is 18.4 Å². The fourth-order valence-electron chi connectivity index (χ4n) is 4.35. The first kappa shape index (κ1) is 18.7. The predicted molar refractivity (Wildman–Crippen MR) is 109 cm³/mol. The van der Waals surface area contributed by atoms with E-state index < -0.39 is 0 Å². The lowest BCUT2D eigenvalue weighted by Crippen LogP contribution is -2.35. The van der Waals surface area contributed by atoms with E-state index in [9.17, 15) is 9.59 Å². The van der Waals surface area contributed by atoms with Crippen LogP contribution in [0.2, 0.25) is 0 Å². The van der Waals surface area contributed by atoms with Gasteiger partial charge in [0.05, 0.1) is 23.7 Å². The average Bonchev–Trinajstić information content (AvgIpc) is 3.00. The Hall–Kier alpha value is -2.69. The second-order valence-electron chi connectivity index (χ2n) is 7.97. The molecule has 0 radical (unpaired) electrons. The summed E-state index contributed by atoms with van der Waals surface area (Å²) in [7, 11) is 0. The Morgan fingerprint density at radius 1 is 1.14 bits per heavy atom. The van der Waals surface area contributed by atoms with E-state index in [1.54, 1.807) is 23.2 Å². The topological polar surface area (TPSA) is 62.3 Å². The summed E-state index contributed by atoms with van der Waals surface area (Å²) >= 11 is 0. The number of amides is 2. The molecule has 2 amide bonds. The molecule has 1 N–H and O–H groups in total. The van der Waals surface area contributed by atoms with E-state index >= 15 is 0 Å². The number of hydrogen-bond donors (Lipinski definition) is 1. The molecule has 1 aromatic carbocycles. The number of fused-ring (bicyclic) bond motifs is 1. The second kappa shape index (κ2) is 8.13. The minimum absolute atomic E-state index is 0.0148. The Morgan fingerprint density at radius 3 is 2.64 bits per heavy atom. The third-order valence-electron chi connectivity index (χ3n) is 5.92. The Balaban J connectivity index is 1.52. The summed E-state index contributed by atoms with van der Waals surface area (Å²) in [6, 6.07) is 11.1. The van der Waals surface area contributed by atoms with Crippen LogP contribution < -0.4 is 10.2 Å². The van der Waals surface area contributed by atoms with Gasteiger partial charge >= 0.3 is 0 Å². The third-order valence-corrected chi connectivity index (χ3v) is 5.92. The van der Waals surface area contributed by atoms with Crippen LogP contribution in [0.3, 0.4) is 0 Å². The zero-order chi connectivity index (χ0) is 19.5. The fourth-order valence-corrected chi connectivity index (χ4v) is 4.35. The molecule has 0 spiro atoms. The number of carbonyl (C=O) groups excluding carboxylic acids is 2. The van der Waals surface area contributed by atoms with Gasteiger partial charge in [0.15, 0.2) is 0 Å². The second-order valence-corrected chi connectivity index (χ2v) is 7.97. The molecule has 0 bridgehead atoms. The van der Waals surface area contributed by atoms with E-state index in [-0.39, 0.29) is 24.3 Å². The van der Waals surface area contributed by atoms with Crippen molar-refractivity contribution in [3.05, 3.63) is 59.4 Å². The first-order valence-electron chi connectivity index (χ1n) is 10.3. The molecule has 5 heteroatoms. The summed E-state index contributed by atoms with van der Waals surface area (Å²) in [5, 5.41) is 3.10. The number of pyridine rings is 1. The fraction of sp³-hybridized carbons (Fsp3) is 0.435. The zero-order valence-electron chi connectivity index (χ0n) is 16.4. The number of nitrogens with zero attached hydrogens (tertiary/aromatic N) is 2. The molecule has 1 atom stereocenters. The van der Waals surface area contributed by atoms with Crippen LogP contribution in [0.25, 0.3) is 0 Å². The lowest BCUT2D eigenvalue weighted by molar-refractivity contribution is -0.121. The highest BCUT2D eigenvalue weighted by atomic mass is 16.2. The molecule has 2 aliphatic rings. The van der Waals surface area contributed by atoms with E-state index in [4.69, 9.17) is 0 Å². The quantitative estimate of drug-likeness (QED) is 0.850. The van der Waals surface area contributed by atoms with Crippen molar-refractivity contribution < 1.29 is 9.59 Å². The zero-order valence-corrected chi connectivity index (χ0v) is 16.4. The molecule has 5 nitrogen and oxygen atoms in total. The molecular weight excluding hydrogens is 350 g/mol. The summed E-state index contributed by atoms with van der Waals surface area (Å²) < 4.78 is 0. The predicted octanol–water partition coefficient (Wildman–Crippen LogP) is 4.18. The molecule has 1 fully saturated rings. The monoisotopic (exact) mass is 377 g/mol. The number of hydrogen-bond acceptors (Lipinski definition) is 3. The number of aromatic nitrogens is 1. The first-order valence-corrected chi connectivity index (χ1v) is 10.3. The summed E-state index contributed by atoms with van der Waals surface area (Å²) in [6.45, 7) is 2.75. The first-order chi connectivity index (χ1) is 13.6. The molecule has 4 rings (SSSR count). The van der Waals surface area contributed by atoms with Gasteiger partial charge in [0.1, 0.15) is 0 Å². The van der Waals surface area contributed by atoms with Crippen molar-refractivity contribution in [1.82, 2.24) is 10.3 Å². The smallest absolute Gasteiger partial charge is 0.260 e. The van der Waals surface area contributed by atoms with Gasteiger partial charge in [-0.1, -0.05) is 37.0 Å². The summed E-state index contributed by atoms with van der Waals surface area (Å²) in [4.78, 5) is 31.9. The van der Waals surface area contributed by atoms with Crippen LogP contribution >= 0.6 is 0 Å². The number of rotatable bonds is 5. The maximum Gasteiger partial charge on any atom is 0.260 e. The molecule has 146 valence electrons. The van der Waals surface area contributed by atoms with E-state index in [1.165, 1.54) is 32.1 Å². The molecule has 0 unspecified atom stereocenters. The SMILES string of the molecule is Cc1ccc(N2C(=O)c3cccnc3[C@H]2CC(=O)NCC2CCCCC2)cc1. The molecule has 1 aliphatic carbocycles. The van der Waals surface area contributed by atoms with Gasteiger partial charge in [0.2, 0.25) is 5.91 Å². The highest BCUT2D eigenvalue weighted by Crippen LogP contribution is 2.38. The summed E-state index contributed by atoms with van der Waals surface area (Å²) in [5.74, 6) is 0.484. The Bertz CT molecular complexity index is 856. The van der Waals surface area contributed by atoms with Crippen LogP contribution in [0.4, 0.5) is 5.69 Å². The van der Waals surface area contributed by atoms with Crippen LogP contribution in [-0.4, -0.2) is 23.3 Å². The number of nitrogens with one attached hydrogen (secondary N) is 1. The number of anilines is 1. The maximum atomic E-state index is 13.0. The molecule has 1 saturated carbocycles. The Morgan fingerprint density at radius 2 is 1.89 bits per heavy atom. The number of aryl methyl sites for hydroxylation is 1. The van der Waals surface area contributed by atoms with Crippen molar-refractivity contribution in [2.24, 2.45) is 5.92 Å². The molecule has 1 aliphatic heterocycles. The van der Waals surface area contributed by atoms with Gasteiger partial charge in [-0.15, -0.1) is 0 Å². The lowest BCUT2D eigenvalue weighted by Gasteiger charge is -2.26. The minimum atomic E-state index is -0.363. The van der Waals surface area contributed by atoms with Gasteiger partial charge < -0.3 is 5.32 Å². The highest BCUT2D eigenvalue weighted by Gasteiger charge is 2.39. The lowest BCUT2D eigenvalue weighted by atomic mass is 9.89. The number of benzene rings is 1. The van der Waals surface area contributed by atoms with Crippen molar-refractivity contribution in [2.45, 2.75) is 51.5 Å². The van der Waals surface area contributed by atoms with Crippen molar-refractivity contribution in [3.63, 3.8) is 0 Å². The Kier molecular flexibility index (Phi) is 5.42. The van der Waals surface area contributed by atoms with Crippen LogP contribution in [0.15, 0.2) is 42.6 Å². The van der Waals surface area contributed by atoms with Gasteiger partial charge in [-0.3, -0.25) is 19.5 Å². The van der Waals surface area contributed by atoms with E-state index in [1.807, 2.05) is 31.2 Å². The van der Waals surface area contributed by atoms with Crippen LogP contribution in [0, 0.1) is 12.8 Å². The van der Waals surface area contributed by atoms with Gasteiger partial charge in [-0.05, 0) is 49.9 Å². The minimum Gasteiger partial charge on any atom is -0.356 e. The van der Waals surface area contributed by atoms with Crippen LogP contribution in [-0.2, 0) is 4.79 Å². The molecule has 1 aromatic heterocycles. The molecule has 2 aromatic rings. The largest absolute Gasteiger partial charge is 0.356 e. The van der Waals surface area contributed by atoms with Gasteiger partial charge in [-0.2, -0.15) is 0 Å². The standard InChI is InChI=1S/C23H27N3O2/c1-16-9-11-18(12-10-16)26-20(22-19(23(26)28)8-5-13-24-22)14-21(27)25-15-17-6-3-2-4-7-17/h5,8-13,17,20H,2-4,6-7,14-15H2,1H3,(H,25,27)/t20-/m1/s1. The van der Waals surface area contributed by atoms with Gasteiger partial charge in [-0.25, -0.2) is 0 Å². The van der Waals surface area contributed by atoms with Crippen LogP contribution in [0.1, 0.15) is 66.2 Å². The van der Waals surface area contributed by atoms with E-state index in [0.717, 1.165) is 17.8 Å². The number of carbonyl (C=O) groups is 2. The summed E-state index contributed by atoms with van der Waals surface area (Å²) in [5.41, 5.74) is 3.22. The normalized spacial score (nSPS) is 19.5. The van der Waals surface area contributed by atoms with Crippen LogP contribution in [0.5, 0.6) is 0 Å².